The molecule has 0 fully saturated rings. The minimum Gasteiger partial charge on any atom is -0.492 e. The molecule has 0 heterocycles. The molecule has 0 aliphatic carbocycles. The molecule has 0 saturated carbocycles. The molecule has 0 aliphatic heterocycles. The van der Waals surface area contributed by atoms with Gasteiger partial charge in [0.1, 0.15) is 18.2 Å². The highest BCUT2D eigenvalue weighted by molar-refractivity contribution is 9.10. The van der Waals surface area contributed by atoms with Crippen molar-refractivity contribution >= 4 is 15.9 Å². The van der Waals surface area contributed by atoms with Gasteiger partial charge in [-0.05, 0) is 36.2 Å². The molecule has 0 saturated heterocycles. The number of para-hydroxylation sites is 1. The smallest absolute Gasteiger partial charge is 0.127 e. The van der Waals surface area contributed by atoms with Crippen LogP contribution in [0.25, 0.3) is 0 Å². The van der Waals surface area contributed by atoms with Crippen LogP contribution in [0, 0.1) is 5.82 Å². The standard InChI is InChI=1S/C15H16BrFN2O/c16-12-7-6-11(15(17)9-12)8-13(19-18)10-20-14-4-2-1-3-5-14/h1-7,9,13,19H,8,10,18H2. The first-order chi connectivity index (χ1) is 9.69. The molecule has 0 aliphatic rings. The van der Waals surface area contributed by atoms with Crippen LogP contribution in [0.4, 0.5) is 4.39 Å². The predicted octanol–water partition coefficient (Wildman–Crippen LogP) is 3.04. The fourth-order valence-electron chi connectivity index (χ4n) is 1.83. The Morgan fingerprint density at radius 3 is 2.60 bits per heavy atom. The minimum atomic E-state index is -0.251. The topological polar surface area (TPSA) is 47.3 Å². The molecule has 0 radical (unpaired) electrons. The molecule has 0 amide bonds. The van der Waals surface area contributed by atoms with Gasteiger partial charge in [-0.1, -0.05) is 40.2 Å². The van der Waals surface area contributed by atoms with E-state index in [1.54, 1.807) is 6.07 Å². The minimum absolute atomic E-state index is 0.161. The molecule has 2 aromatic rings. The molecule has 0 aromatic heterocycles. The number of hydrogen-bond acceptors (Lipinski definition) is 3. The largest absolute Gasteiger partial charge is 0.492 e. The molecule has 0 bridgehead atoms. The Morgan fingerprint density at radius 1 is 1.20 bits per heavy atom. The highest BCUT2D eigenvalue weighted by atomic mass is 79.9. The summed E-state index contributed by atoms with van der Waals surface area (Å²) >= 11 is 3.24. The summed E-state index contributed by atoms with van der Waals surface area (Å²) in [6.07, 6.45) is 0.461. The third-order valence-corrected chi connectivity index (χ3v) is 3.40. The van der Waals surface area contributed by atoms with Gasteiger partial charge in [-0.3, -0.25) is 11.3 Å². The fraction of sp³-hybridized carbons (Fsp3) is 0.200. The lowest BCUT2D eigenvalue weighted by atomic mass is 10.1. The van der Waals surface area contributed by atoms with Crippen LogP contribution in [-0.4, -0.2) is 12.6 Å². The Morgan fingerprint density at radius 2 is 1.95 bits per heavy atom. The normalized spacial score (nSPS) is 12.2. The molecule has 3 nitrogen and oxygen atoms in total. The maximum absolute atomic E-state index is 13.8. The van der Waals surface area contributed by atoms with Gasteiger partial charge in [0, 0.05) is 4.47 Å². The van der Waals surface area contributed by atoms with E-state index in [0.717, 1.165) is 10.2 Å². The van der Waals surface area contributed by atoms with E-state index in [0.29, 0.717) is 18.6 Å². The highest BCUT2D eigenvalue weighted by Gasteiger charge is 2.12. The Balaban J connectivity index is 1.95. The second-order valence-corrected chi connectivity index (χ2v) is 5.34. The molecule has 106 valence electrons. The van der Waals surface area contributed by atoms with E-state index in [9.17, 15) is 4.39 Å². The second-order valence-electron chi connectivity index (χ2n) is 4.43. The van der Waals surface area contributed by atoms with Crippen LogP contribution in [-0.2, 0) is 6.42 Å². The summed E-state index contributed by atoms with van der Waals surface area (Å²) in [5, 5.41) is 0. The number of nitrogens with two attached hydrogens (primary N) is 1. The molecule has 2 rings (SSSR count). The summed E-state index contributed by atoms with van der Waals surface area (Å²) in [7, 11) is 0. The summed E-state index contributed by atoms with van der Waals surface area (Å²) < 4.78 is 20.1. The summed E-state index contributed by atoms with van der Waals surface area (Å²) in [6, 6.07) is 14.3. The third-order valence-electron chi connectivity index (χ3n) is 2.91. The van der Waals surface area contributed by atoms with Gasteiger partial charge < -0.3 is 4.74 Å². The number of hydrogen-bond donors (Lipinski definition) is 2. The van der Waals surface area contributed by atoms with Crippen molar-refractivity contribution in [1.29, 1.82) is 0 Å². The zero-order valence-corrected chi connectivity index (χ0v) is 12.4. The van der Waals surface area contributed by atoms with Crippen LogP contribution >= 0.6 is 15.9 Å². The van der Waals surface area contributed by atoms with Crippen LogP contribution < -0.4 is 16.0 Å². The molecule has 5 heteroatoms. The van der Waals surface area contributed by atoms with Crippen molar-refractivity contribution in [3.8, 4) is 5.75 Å². The van der Waals surface area contributed by atoms with Crippen LogP contribution in [0.1, 0.15) is 5.56 Å². The summed E-state index contributed by atoms with van der Waals surface area (Å²) in [5.41, 5.74) is 3.26. The lowest BCUT2D eigenvalue weighted by Crippen LogP contribution is -2.41. The Bertz CT molecular complexity index is 551. The van der Waals surface area contributed by atoms with E-state index in [1.165, 1.54) is 6.07 Å². The van der Waals surface area contributed by atoms with Gasteiger partial charge in [0.25, 0.3) is 0 Å². The van der Waals surface area contributed by atoms with E-state index < -0.39 is 0 Å². The fourth-order valence-corrected chi connectivity index (χ4v) is 2.17. The quantitative estimate of drug-likeness (QED) is 0.628. The van der Waals surface area contributed by atoms with Gasteiger partial charge in [0.2, 0.25) is 0 Å². The Hall–Kier alpha value is -1.43. The Labute approximate surface area is 126 Å². The molecule has 2 aromatic carbocycles. The summed E-state index contributed by atoms with van der Waals surface area (Å²) in [6.45, 7) is 0.371. The molecule has 0 spiro atoms. The maximum Gasteiger partial charge on any atom is 0.127 e. The van der Waals surface area contributed by atoms with Gasteiger partial charge in [-0.2, -0.15) is 0 Å². The van der Waals surface area contributed by atoms with E-state index in [2.05, 4.69) is 21.4 Å². The van der Waals surface area contributed by atoms with Crippen LogP contribution in [0.2, 0.25) is 0 Å². The van der Waals surface area contributed by atoms with Gasteiger partial charge in [0.05, 0.1) is 6.04 Å². The molecule has 3 N–H and O–H groups in total. The summed E-state index contributed by atoms with van der Waals surface area (Å²) in [5.74, 6) is 6.02. The SMILES string of the molecule is NNC(COc1ccccc1)Cc1ccc(Br)cc1F. The average molecular weight is 339 g/mol. The first-order valence-electron chi connectivity index (χ1n) is 6.27. The van der Waals surface area contributed by atoms with Crippen molar-refractivity contribution in [3.63, 3.8) is 0 Å². The molecular formula is C15H16BrFN2O. The van der Waals surface area contributed by atoms with Crippen LogP contribution in [0.15, 0.2) is 53.0 Å². The van der Waals surface area contributed by atoms with E-state index in [4.69, 9.17) is 10.6 Å². The average Bonchev–Trinajstić information content (AvgIpc) is 2.46. The molecule has 1 unspecified atom stereocenters. The van der Waals surface area contributed by atoms with Crippen molar-refractivity contribution in [1.82, 2.24) is 5.43 Å². The second kappa shape index (κ2) is 7.38. The highest BCUT2D eigenvalue weighted by Crippen LogP contribution is 2.17. The molecule has 1 atom stereocenters. The van der Waals surface area contributed by atoms with Gasteiger partial charge in [-0.15, -0.1) is 0 Å². The van der Waals surface area contributed by atoms with E-state index >= 15 is 0 Å². The van der Waals surface area contributed by atoms with Gasteiger partial charge >= 0.3 is 0 Å². The number of benzene rings is 2. The molecule has 20 heavy (non-hydrogen) atoms. The van der Waals surface area contributed by atoms with Gasteiger partial charge in [-0.25, -0.2) is 4.39 Å². The lowest BCUT2D eigenvalue weighted by Gasteiger charge is -2.17. The lowest BCUT2D eigenvalue weighted by molar-refractivity contribution is 0.263. The first-order valence-corrected chi connectivity index (χ1v) is 7.06. The zero-order valence-electron chi connectivity index (χ0n) is 10.9. The van der Waals surface area contributed by atoms with Crippen LogP contribution in [0.5, 0.6) is 5.75 Å². The van der Waals surface area contributed by atoms with E-state index in [1.807, 2.05) is 36.4 Å². The van der Waals surface area contributed by atoms with Crippen molar-refractivity contribution in [2.24, 2.45) is 5.84 Å². The Kier molecular flexibility index (Phi) is 5.52. The van der Waals surface area contributed by atoms with E-state index in [-0.39, 0.29) is 11.9 Å². The maximum atomic E-state index is 13.8. The molecular weight excluding hydrogens is 323 g/mol. The summed E-state index contributed by atoms with van der Waals surface area (Å²) in [4.78, 5) is 0. The number of rotatable bonds is 6. The van der Waals surface area contributed by atoms with Crippen LogP contribution in [0.3, 0.4) is 0 Å². The predicted molar refractivity (Wildman–Crippen MR) is 80.9 cm³/mol. The monoisotopic (exact) mass is 338 g/mol. The van der Waals surface area contributed by atoms with Crippen molar-refractivity contribution < 1.29 is 9.13 Å². The number of nitrogens with one attached hydrogen (secondary N) is 1. The van der Waals surface area contributed by atoms with Crippen molar-refractivity contribution in [2.45, 2.75) is 12.5 Å². The zero-order chi connectivity index (χ0) is 14.4. The number of halogens is 2. The first kappa shape index (κ1) is 15.0. The van der Waals surface area contributed by atoms with Crippen molar-refractivity contribution in [2.75, 3.05) is 6.61 Å². The van der Waals surface area contributed by atoms with Gasteiger partial charge in [0.15, 0.2) is 0 Å². The third kappa shape index (κ3) is 4.30. The number of ether oxygens (including phenoxy) is 1. The van der Waals surface area contributed by atoms with Crippen molar-refractivity contribution in [3.05, 3.63) is 64.4 Å². The number of hydrazine groups is 1.